The second kappa shape index (κ2) is 8.78. The molecule has 5 heteroatoms. The van der Waals surface area contributed by atoms with Crippen LogP contribution in [-0.4, -0.2) is 50.4 Å². The minimum atomic E-state index is -0.00583. The summed E-state index contributed by atoms with van der Waals surface area (Å²) in [6, 6.07) is 0.344. The first-order chi connectivity index (χ1) is 8.26. The molecule has 0 heterocycles. The zero-order chi connectivity index (χ0) is 12.5. The van der Waals surface area contributed by atoms with Crippen molar-refractivity contribution < 1.29 is 14.3 Å². The highest BCUT2D eigenvalue weighted by Crippen LogP contribution is 2.26. The SMILES string of the molecule is COCCOCC(=O)NC1CCC(SC)CC1. The third kappa shape index (κ3) is 6.29. The molecule has 0 radical (unpaired) electrons. The van der Waals surface area contributed by atoms with E-state index in [9.17, 15) is 4.79 Å². The van der Waals surface area contributed by atoms with Crippen molar-refractivity contribution in [1.29, 1.82) is 0 Å². The summed E-state index contributed by atoms with van der Waals surface area (Å²) in [7, 11) is 1.62. The third-order valence-electron chi connectivity index (χ3n) is 3.04. The molecule has 4 nitrogen and oxygen atoms in total. The number of amides is 1. The quantitative estimate of drug-likeness (QED) is 0.705. The zero-order valence-corrected chi connectivity index (χ0v) is 11.6. The predicted octanol–water partition coefficient (Wildman–Crippen LogP) is 1.44. The van der Waals surface area contributed by atoms with Gasteiger partial charge in [0, 0.05) is 18.4 Å². The molecule has 0 atom stereocenters. The number of carbonyl (C=O) groups excluding carboxylic acids is 1. The Morgan fingerprint density at radius 1 is 1.29 bits per heavy atom. The molecule has 0 bridgehead atoms. The van der Waals surface area contributed by atoms with Gasteiger partial charge in [0.2, 0.25) is 5.91 Å². The molecule has 1 rings (SSSR count). The van der Waals surface area contributed by atoms with Crippen LogP contribution in [0.2, 0.25) is 0 Å². The summed E-state index contributed by atoms with van der Waals surface area (Å²) in [6.45, 7) is 1.15. The van der Waals surface area contributed by atoms with Crippen molar-refractivity contribution in [2.75, 3.05) is 33.2 Å². The molecular formula is C12H23NO3S. The van der Waals surface area contributed by atoms with Gasteiger partial charge < -0.3 is 14.8 Å². The monoisotopic (exact) mass is 261 g/mol. The van der Waals surface area contributed by atoms with E-state index in [1.54, 1.807) is 7.11 Å². The maximum atomic E-state index is 11.5. The second-order valence-electron chi connectivity index (χ2n) is 4.32. The maximum absolute atomic E-state index is 11.5. The minimum absolute atomic E-state index is 0.00583. The average Bonchev–Trinajstić information content (AvgIpc) is 2.36. The number of hydrogen-bond acceptors (Lipinski definition) is 4. The number of carbonyl (C=O) groups is 1. The first-order valence-corrected chi connectivity index (χ1v) is 7.44. The third-order valence-corrected chi connectivity index (χ3v) is 4.18. The van der Waals surface area contributed by atoms with Crippen LogP contribution in [0.25, 0.3) is 0 Å². The van der Waals surface area contributed by atoms with Gasteiger partial charge >= 0.3 is 0 Å². The van der Waals surface area contributed by atoms with Crippen LogP contribution in [0, 0.1) is 0 Å². The lowest BCUT2D eigenvalue weighted by Gasteiger charge is -2.27. The molecule has 1 N–H and O–H groups in total. The molecule has 1 saturated carbocycles. The smallest absolute Gasteiger partial charge is 0.246 e. The summed E-state index contributed by atoms with van der Waals surface area (Å²) >= 11 is 1.93. The Kier molecular flexibility index (Phi) is 7.64. The standard InChI is InChI=1S/C12H23NO3S/c1-15-7-8-16-9-12(14)13-10-3-5-11(17-2)6-4-10/h10-11H,3-9H2,1-2H3,(H,13,14). The van der Waals surface area contributed by atoms with Crippen LogP contribution in [0.3, 0.4) is 0 Å². The molecular weight excluding hydrogens is 238 g/mol. The van der Waals surface area contributed by atoms with E-state index in [0.29, 0.717) is 19.3 Å². The lowest BCUT2D eigenvalue weighted by Crippen LogP contribution is -2.40. The van der Waals surface area contributed by atoms with Gasteiger partial charge in [-0.15, -0.1) is 0 Å². The van der Waals surface area contributed by atoms with E-state index in [2.05, 4.69) is 11.6 Å². The Morgan fingerprint density at radius 2 is 2.00 bits per heavy atom. The molecule has 0 aliphatic heterocycles. The van der Waals surface area contributed by atoms with E-state index in [1.165, 1.54) is 12.8 Å². The predicted molar refractivity (Wildman–Crippen MR) is 70.4 cm³/mol. The van der Waals surface area contributed by atoms with Crippen molar-refractivity contribution >= 4 is 17.7 Å². The summed E-state index contributed by atoms with van der Waals surface area (Å²) < 4.78 is 10.0. The van der Waals surface area contributed by atoms with Crippen molar-refractivity contribution in [3.8, 4) is 0 Å². The van der Waals surface area contributed by atoms with Crippen LogP contribution >= 0.6 is 11.8 Å². The molecule has 1 fully saturated rings. The van der Waals surface area contributed by atoms with E-state index < -0.39 is 0 Å². The first kappa shape index (κ1) is 14.8. The molecule has 1 amide bonds. The number of hydrogen-bond donors (Lipinski definition) is 1. The molecule has 0 unspecified atom stereocenters. The molecule has 0 saturated heterocycles. The fraction of sp³-hybridized carbons (Fsp3) is 0.917. The fourth-order valence-electron chi connectivity index (χ4n) is 2.02. The summed E-state index contributed by atoms with van der Waals surface area (Å²) in [5, 5.41) is 3.81. The van der Waals surface area contributed by atoms with Crippen LogP contribution in [0.1, 0.15) is 25.7 Å². The van der Waals surface area contributed by atoms with Crippen LogP contribution in [0.4, 0.5) is 0 Å². The van der Waals surface area contributed by atoms with Crippen LogP contribution in [0.15, 0.2) is 0 Å². The number of nitrogens with one attached hydrogen (secondary N) is 1. The molecule has 0 aromatic heterocycles. The Hall–Kier alpha value is -0.260. The summed E-state index contributed by atoms with van der Waals surface area (Å²) in [5.41, 5.74) is 0. The summed E-state index contributed by atoms with van der Waals surface area (Å²) in [6.07, 6.45) is 6.76. The number of rotatable bonds is 7. The molecule has 17 heavy (non-hydrogen) atoms. The van der Waals surface area contributed by atoms with Crippen molar-refractivity contribution in [2.45, 2.75) is 37.0 Å². The van der Waals surface area contributed by atoms with Crippen molar-refractivity contribution in [2.24, 2.45) is 0 Å². The average molecular weight is 261 g/mol. The van der Waals surface area contributed by atoms with E-state index in [1.807, 2.05) is 11.8 Å². The molecule has 0 spiro atoms. The Labute approximate surface area is 108 Å². The van der Waals surface area contributed by atoms with Gasteiger partial charge in [0.1, 0.15) is 6.61 Å². The highest BCUT2D eigenvalue weighted by atomic mass is 32.2. The first-order valence-electron chi connectivity index (χ1n) is 6.15. The molecule has 100 valence electrons. The molecule has 1 aliphatic rings. The van der Waals surface area contributed by atoms with E-state index in [0.717, 1.165) is 18.1 Å². The van der Waals surface area contributed by atoms with Gasteiger partial charge in [-0.1, -0.05) is 0 Å². The van der Waals surface area contributed by atoms with Crippen molar-refractivity contribution in [3.63, 3.8) is 0 Å². The Balaban J connectivity index is 2.06. The molecule has 1 aliphatic carbocycles. The number of ether oxygens (including phenoxy) is 2. The topological polar surface area (TPSA) is 47.6 Å². The van der Waals surface area contributed by atoms with Gasteiger partial charge in [-0.25, -0.2) is 0 Å². The van der Waals surface area contributed by atoms with Gasteiger partial charge in [-0.2, -0.15) is 11.8 Å². The van der Waals surface area contributed by atoms with Gasteiger partial charge in [0.05, 0.1) is 13.2 Å². The van der Waals surface area contributed by atoms with Crippen molar-refractivity contribution in [1.82, 2.24) is 5.32 Å². The van der Waals surface area contributed by atoms with Gasteiger partial charge in [0.15, 0.2) is 0 Å². The van der Waals surface area contributed by atoms with Crippen LogP contribution in [0.5, 0.6) is 0 Å². The van der Waals surface area contributed by atoms with Gasteiger partial charge in [-0.3, -0.25) is 4.79 Å². The van der Waals surface area contributed by atoms with Gasteiger partial charge in [0.25, 0.3) is 0 Å². The van der Waals surface area contributed by atoms with Crippen LogP contribution < -0.4 is 5.32 Å². The molecule has 0 aromatic rings. The Morgan fingerprint density at radius 3 is 2.59 bits per heavy atom. The normalized spacial score (nSPS) is 24.6. The lowest BCUT2D eigenvalue weighted by molar-refractivity contribution is -0.127. The highest BCUT2D eigenvalue weighted by Gasteiger charge is 2.21. The Bertz CT molecular complexity index is 218. The summed E-state index contributed by atoms with van der Waals surface area (Å²) in [4.78, 5) is 11.5. The number of thioether (sulfide) groups is 1. The fourth-order valence-corrected chi connectivity index (χ4v) is 2.76. The van der Waals surface area contributed by atoms with Gasteiger partial charge in [-0.05, 0) is 31.9 Å². The van der Waals surface area contributed by atoms with E-state index >= 15 is 0 Å². The number of methoxy groups -OCH3 is 1. The molecule has 0 aromatic carbocycles. The second-order valence-corrected chi connectivity index (χ2v) is 5.46. The zero-order valence-electron chi connectivity index (χ0n) is 10.7. The van der Waals surface area contributed by atoms with E-state index in [-0.39, 0.29) is 12.5 Å². The lowest BCUT2D eigenvalue weighted by atomic mass is 9.95. The highest BCUT2D eigenvalue weighted by molar-refractivity contribution is 7.99. The largest absolute Gasteiger partial charge is 0.382 e. The van der Waals surface area contributed by atoms with E-state index in [4.69, 9.17) is 9.47 Å². The maximum Gasteiger partial charge on any atom is 0.246 e. The van der Waals surface area contributed by atoms with Crippen LogP contribution in [-0.2, 0) is 14.3 Å². The summed E-state index contributed by atoms with van der Waals surface area (Å²) in [5.74, 6) is -0.00583. The minimum Gasteiger partial charge on any atom is -0.382 e. The van der Waals surface area contributed by atoms with Crippen molar-refractivity contribution in [3.05, 3.63) is 0 Å².